The number of H-pyrrole nitrogens is 1. The average molecular weight is 272 g/mol. The molecule has 3 N–H and O–H groups in total. The van der Waals surface area contributed by atoms with Crippen molar-refractivity contribution in [2.24, 2.45) is 0 Å². The Morgan fingerprint density at radius 3 is 2.55 bits per heavy atom. The first-order valence-electron chi connectivity index (χ1n) is 6.20. The second kappa shape index (κ2) is 5.21. The van der Waals surface area contributed by atoms with Crippen LogP contribution in [0, 0.1) is 20.8 Å². The number of aryl methyl sites for hydroxylation is 2. The second-order valence-corrected chi connectivity index (χ2v) is 4.71. The van der Waals surface area contributed by atoms with Gasteiger partial charge in [0.15, 0.2) is 0 Å². The third-order valence-electron chi connectivity index (χ3n) is 3.39. The van der Waals surface area contributed by atoms with Crippen LogP contribution in [-0.2, 0) is 0 Å². The largest absolute Gasteiger partial charge is 0.478 e. The number of rotatable bonds is 3. The first-order chi connectivity index (χ1) is 9.41. The van der Waals surface area contributed by atoms with Crippen LogP contribution < -0.4 is 5.32 Å². The molecule has 1 aromatic carbocycles. The molecule has 0 fully saturated rings. The summed E-state index contributed by atoms with van der Waals surface area (Å²) in [5.41, 5.74) is 3.31. The van der Waals surface area contributed by atoms with Crippen molar-refractivity contribution in [1.29, 1.82) is 0 Å². The standard InChI is InChI=1S/C15H16N2O3/c1-8-5-4-6-11(9(8)2)14(18)17-12-7-16-10(3)13(12)15(19)20/h4-7,16H,1-3H3,(H,17,18)(H,19,20). The van der Waals surface area contributed by atoms with Crippen LogP contribution in [0.15, 0.2) is 24.4 Å². The number of carboxylic acid groups (broad SMARTS) is 1. The maximum absolute atomic E-state index is 12.3. The number of hydrogen-bond donors (Lipinski definition) is 3. The van der Waals surface area contributed by atoms with Gasteiger partial charge in [0.2, 0.25) is 0 Å². The molecule has 0 aliphatic heterocycles. The van der Waals surface area contributed by atoms with Gasteiger partial charge in [0.25, 0.3) is 5.91 Å². The molecule has 1 heterocycles. The van der Waals surface area contributed by atoms with E-state index in [0.29, 0.717) is 11.3 Å². The van der Waals surface area contributed by atoms with Crippen LogP contribution in [0.2, 0.25) is 0 Å². The van der Waals surface area contributed by atoms with E-state index < -0.39 is 5.97 Å². The van der Waals surface area contributed by atoms with Crippen molar-refractivity contribution < 1.29 is 14.7 Å². The predicted octanol–water partition coefficient (Wildman–Crippen LogP) is 2.89. The van der Waals surface area contributed by atoms with Crippen molar-refractivity contribution in [3.05, 3.63) is 52.3 Å². The highest BCUT2D eigenvalue weighted by molar-refractivity contribution is 6.08. The summed E-state index contributed by atoms with van der Waals surface area (Å²) in [6.45, 7) is 5.44. The van der Waals surface area contributed by atoms with Gasteiger partial charge in [0.05, 0.1) is 5.69 Å². The number of benzene rings is 1. The minimum atomic E-state index is -1.07. The van der Waals surface area contributed by atoms with E-state index in [1.54, 1.807) is 19.1 Å². The number of hydrogen-bond acceptors (Lipinski definition) is 2. The lowest BCUT2D eigenvalue weighted by molar-refractivity contribution is 0.0697. The monoisotopic (exact) mass is 272 g/mol. The molecule has 5 nitrogen and oxygen atoms in total. The van der Waals surface area contributed by atoms with Crippen molar-refractivity contribution in [1.82, 2.24) is 4.98 Å². The van der Waals surface area contributed by atoms with Crippen LogP contribution >= 0.6 is 0 Å². The first kappa shape index (κ1) is 13.9. The number of aromatic amines is 1. The molecule has 5 heteroatoms. The molecule has 0 aliphatic rings. The van der Waals surface area contributed by atoms with E-state index in [1.807, 2.05) is 19.9 Å². The van der Waals surface area contributed by atoms with Crippen LogP contribution in [0.5, 0.6) is 0 Å². The molecule has 104 valence electrons. The zero-order valence-corrected chi connectivity index (χ0v) is 11.6. The smallest absolute Gasteiger partial charge is 0.339 e. The molecule has 0 saturated carbocycles. The third-order valence-corrected chi connectivity index (χ3v) is 3.39. The Hall–Kier alpha value is -2.56. The van der Waals surface area contributed by atoms with Gasteiger partial charge in [-0.15, -0.1) is 0 Å². The highest BCUT2D eigenvalue weighted by Crippen LogP contribution is 2.21. The number of nitrogens with one attached hydrogen (secondary N) is 2. The summed E-state index contributed by atoms with van der Waals surface area (Å²) in [5, 5.41) is 11.8. The fourth-order valence-electron chi connectivity index (χ4n) is 2.09. The zero-order chi connectivity index (χ0) is 14.9. The van der Waals surface area contributed by atoms with Gasteiger partial charge in [0, 0.05) is 17.5 Å². The Morgan fingerprint density at radius 2 is 1.90 bits per heavy atom. The van der Waals surface area contributed by atoms with E-state index in [2.05, 4.69) is 10.3 Å². The van der Waals surface area contributed by atoms with E-state index in [0.717, 1.165) is 11.1 Å². The summed E-state index contributed by atoms with van der Waals surface area (Å²) < 4.78 is 0. The van der Waals surface area contributed by atoms with Gasteiger partial charge in [-0.1, -0.05) is 12.1 Å². The number of amides is 1. The Labute approximate surface area is 116 Å². The zero-order valence-electron chi connectivity index (χ0n) is 11.6. The molecule has 0 saturated heterocycles. The first-order valence-corrected chi connectivity index (χ1v) is 6.20. The van der Waals surface area contributed by atoms with Crippen LogP contribution in [0.1, 0.15) is 37.5 Å². The Bertz CT molecular complexity index is 686. The molecule has 20 heavy (non-hydrogen) atoms. The van der Waals surface area contributed by atoms with Gasteiger partial charge in [-0.05, 0) is 38.0 Å². The number of anilines is 1. The highest BCUT2D eigenvalue weighted by atomic mass is 16.4. The molecule has 0 atom stereocenters. The van der Waals surface area contributed by atoms with Crippen molar-refractivity contribution in [2.75, 3.05) is 5.32 Å². The van der Waals surface area contributed by atoms with Crippen LogP contribution in [-0.4, -0.2) is 22.0 Å². The Kier molecular flexibility index (Phi) is 3.61. The molecule has 2 rings (SSSR count). The van der Waals surface area contributed by atoms with Crippen LogP contribution in [0.25, 0.3) is 0 Å². The molecule has 0 spiro atoms. The van der Waals surface area contributed by atoms with Gasteiger partial charge in [-0.25, -0.2) is 4.79 Å². The maximum atomic E-state index is 12.3. The molecule has 0 aliphatic carbocycles. The second-order valence-electron chi connectivity index (χ2n) is 4.71. The summed E-state index contributed by atoms with van der Waals surface area (Å²) in [4.78, 5) is 26.2. The van der Waals surface area contributed by atoms with Crippen molar-refractivity contribution in [3.63, 3.8) is 0 Å². The minimum Gasteiger partial charge on any atom is -0.478 e. The number of carbonyl (C=O) groups is 2. The molecule has 0 radical (unpaired) electrons. The average Bonchev–Trinajstić information content (AvgIpc) is 2.73. The van der Waals surface area contributed by atoms with Gasteiger partial charge in [-0.2, -0.15) is 0 Å². The van der Waals surface area contributed by atoms with E-state index in [4.69, 9.17) is 5.11 Å². The predicted molar refractivity (Wildman–Crippen MR) is 76.4 cm³/mol. The van der Waals surface area contributed by atoms with Crippen molar-refractivity contribution >= 4 is 17.6 Å². The number of aromatic carboxylic acids is 1. The summed E-state index contributed by atoms with van der Waals surface area (Å²) in [6, 6.07) is 5.45. The Morgan fingerprint density at radius 1 is 1.20 bits per heavy atom. The lowest BCUT2D eigenvalue weighted by Gasteiger charge is -2.09. The molecular formula is C15H16N2O3. The molecule has 0 unspecified atom stereocenters. The maximum Gasteiger partial charge on any atom is 0.339 e. The van der Waals surface area contributed by atoms with Gasteiger partial charge < -0.3 is 15.4 Å². The number of carboxylic acids is 1. The van der Waals surface area contributed by atoms with E-state index in [-0.39, 0.29) is 17.2 Å². The normalized spacial score (nSPS) is 10.3. The summed E-state index contributed by atoms with van der Waals surface area (Å²) >= 11 is 0. The van der Waals surface area contributed by atoms with Crippen molar-refractivity contribution in [2.45, 2.75) is 20.8 Å². The minimum absolute atomic E-state index is 0.0867. The summed E-state index contributed by atoms with van der Waals surface area (Å²) in [6.07, 6.45) is 1.49. The summed E-state index contributed by atoms with van der Waals surface area (Å²) in [5.74, 6) is -1.38. The van der Waals surface area contributed by atoms with E-state index >= 15 is 0 Å². The van der Waals surface area contributed by atoms with E-state index in [1.165, 1.54) is 6.20 Å². The molecular weight excluding hydrogens is 256 g/mol. The fourth-order valence-corrected chi connectivity index (χ4v) is 2.09. The lowest BCUT2D eigenvalue weighted by Crippen LogP contribution is -2.15. The SMILES string of the molecule is Cc1cccc(C(=O)Nc2c[nH]c(C)c2C(=O)O)c1C. The topological polar surface area (TPSA) is 82.2 Å². The van der Waals surface area contributed by atoms with Gasteiger partial charge >= 0.3 is 5.97 Å². The third kappa shape index (κ3) is 2.42. The molecule has 2 aromatic rings. The van der Waals surface area contributed by atoms with Crippen LogP contribution in [0.4, 0.5) is 5.69 Å². The van der Waals surface area contributed by atoms with Crippen molar-refractivity contribution in [3.8, 4) is 0 Å². The van der Waals surface area contributed by atoms with E-state index in [9.17, 15) is 9.59 Å². The Balaban J connectivity index is 2.33. The quantitative estimate of drug-likeness (QED) is 0.803. The lowest BCUT2D eigenvalue weighted by atomic mass is 10.0. The molecule has 1 aromatic heterocycles. The van der Waals surface area contributed by atoms with Gasteiger partial charge in [0.1, 0.15) is 5.56 Å². The highest BCUT2D eigenvalue weighted by Gasteiger charge is 2.18. The number of carbonyl (C=O) groups excluding carboxylic acids is 1. The number of aromatic nitrogens is 1. The van der Waals surface area contributed by atoms with Gasteiger partial charge in [-0.3, -0.25) is 4.79 Å². The molecule has 1 amide bonds. The summed E-state index contributed by atoms with van der Waals surface area (Å²) in [7, 11) is 0. The molecule has 0 bridgehead atoms. The van der Waals surface area contributed by atoms with Crippen LogP contribution in [0.3, 0.4) is 0 Å². The fraction of sp³-hybridized carbons (Fsp3) is 0.200.